The fraction of sp³-hybridized carbons (Fsp3) is 0.222. The molecule has 0 radical (unpaired) electrons. The molecule has 4 rings (SSSR count). The van der Waals surface area contributed by atoms with Crippen LogP contribution in [-0.2, 0) is 6.54 Å². The van der Waals surface area contributed by atoms with Crippen molar-refractivity contribution in [2.75, 3.05) is 0 Å². The van der Waals surface area contributed by atoms with E-state index in [2.05, 4.69) is 0 Å². The second-order valence-corrected chi connectivity index (χ2v) is 7.09. The Bertz CT molecular complexity index is 1090. The monoisotopic (exact) mass is 360 g/mol. The summed E-state index contributed by atoms with van der Waals surface area (Å²) < 4.78 is 42.1. The van der Waals surface area contributed by atoms with Crippen molar-refractivity contribution in [3.63, 3.8) is 0 Å². The van der Waals surface area contributed by atoms with Crippen LogP contribution in [0.5, 0.6) is 0 Å². The number of fused-ring (bicyclic) bond motifs is 1. The third-order valence-corrected chi connectivity index (χ3v) is 5.41. The molecule has 1 heterocycles. The molecule has 2 aromatic carbocycles. The number of nitriles is 1. The lowest BCUT2D eigenvalue weighted by atomic mass is 10.00. The van der Waals surface area contributed by atoms with Crippen molar-refractivity contribution in [1.29, 1.82) is 5.26 Å². The lowest BCUT2D eigenvalue weighted by Gasteiger charge is -2.07. The molecule has 1 unspecified atom stereocenters. The van der Waals surface area contributed by atoms with E-state index in [-0.39, 0.29) is 23.4 Å². The van der Waals surface area contributed by atoms with Crippen LogP contribution in [0.1, 0.15) is 12.0 Å². The number of halogens is 3. The molecular weight excluding hydrogens is 349 g/mol. The van der Waals surface area contributed by atoms with Crippen LogP contribution in [0.4, 0.5) is 13.2 Å². The maximum Gasteiger partial charge on any atom is 0.308 e. The topological polar surface area (TPSA) is 45.8 Å². The molecule has 0 bridgehead atoms. The summed E-state index contributed by atoms with van der Waals surface area (Å²) >= 11 is 0.961. The number of hydrogen-bond donors (Lipinski definition) is 0. The first-order chi connectivity index (χ1) is 11.9. The molecule has 1 saturated carbocycles. The number of nitrogens with zero attached hydrogens (tertiary/aromatic N) is 2. The third kappa shape index (κ3) is 2.63. The average molecular weight is 360 g/mol. The number of aromatic nitrogens is 1. The van der Waals surface area contributed by atoms with Crippen LogP contribution in [0, 0.1) is 23.1 Å². The summed E-state index contributed by atoms with van der Waals surface area (Å²) in [6.07, 6.45) is -0.191. The van der Waals surface area contributed by atoms with Crippen LogP contribution < -0.4 is 4.87 Å². The number of alkyl halides is 2. The number of thiazole rings is 1. The van der Waals surface area contributed by atoms with E-state index in [1.807, 2.05) is 6.07 Å². The van der Waals surface area contributed by atoms with Gasteiger partial charge in [0.25, 0.3) is 5.92 Å². The van der Waals surface area contributed by atoms with Gasteiger partial charge in [-0.1, -0.05) is 29.5 Å². The molecule has 7 heteroatoms. The lowest BCUT2D eigenvalue weighted by Crippen LogP contribution is -2.15. The predicted molar refractivity (Wildman–Crippen MR) is 89.2 cm³/mol. The van der Waals surface area contributed by atoms with Gasteiger partial charge in [-0.05, 0) is 23.8 Å². The van der Waals surface area contributed by atoms with E-state index in [1.54, 1.807) is 24.3 Å². The van der Waals surface area contributed by atoms with Crippen LogP contribution in [0.2, 0.25) is 0 Å². The summed E-state index contributed by atoms with van der Waals surface area (Å²) in [5, 5.41) is 9.16. The molecule has 1 aliphatic carbocycles. The van der Waals surface area contributed by atoms with Crippen molar-refractivity contribution in [2.24, 2.45) is 5.92 Å². The minimum atomic E-state index is -2.68. The van der Waals surface area contributed by atoms with E-state index in [0.29, 0.717) is 21.3 Å². The maximum absolute atomic E-state index is 13.8. The van der Waals surface area contributed by atoms with Crippen molar-refractivity contribution in [3.05, 3.63) is 57.4 Å². The highest BCUT2D eigenvalue weighted by Crippen LogP contribution is 2.49. The van der Waals surface area contributed by atoms with Gasteiger partial charge in [-0.3, -0.25) is 9.36 Å². The van der Waals surface area contributed by atoms with E-state index >= 15 is 0 Å². The molecule has 1 aromatic heterocycles. The van der Waals surface area contributed by atoms with Crippen LogP contribution in [0.3, 0.4) is 0 Å². The maximum atomic E-state index is 13.8. The first-order valence-corrected chi connectivity index (χ1v) is 8.42. The predicted octanol–water partition coefficient (Wildman–Crippen LogP) is 4.40. The second-order valence-electron chi connectivity index (χ2n) is 6.10. The van der Waals surface area contributed by atoms with Gasteiger partial charge in [0, 0.05) is 24.4 Å². The van der Waals surface area contributed by atoms with Crippen molar-refractivity contribution < 1.29 is 13.2 Å². The fourth-order valence-corrected chi connectivity index (χ4v) is 3.91. The summed E-state index contributed by atoms with van der Waals surface area (Å²) in [4.78, 5) is 11.9. The van der Waals surface area contributed by atoms with Crippen molar-refractivity contribution in [3.8, 4) is 17.2 Å². The van der Waals surface area contributed by atoms with Crippen LogP contribution >= 0.6 is 11.3 Å². The van der Waals surface area contributed by atoms with Gasteiger partial charge < -0.3 is 0 Å². The van der Waals surface area contributed by atoms with Crippen molar-refractivity contribution in [2.45, 2.75) is 18.9 Å². The Balaban J connectivity index is 1.79. The Kier molecular flexibility index (Phi) is 3.48. The minimum absolute atomic E-state index is 0.00537. The zero-order valence-electron chi connectivity index (χ0n) is 12.8. The highest BCUT2D eigenvalue weighted by Gasteiger charge is 2.56. The minimum Gasteiger partial charge on any atom is -0.298 e. The highest BCUT2D eigenvalue weighted by atomic mass is 32.1. The van der Waals surface area contributed by atoms with Gasteiger partial charge in [0.05, 0.1) is 15.8 Å². The number of hydrogen-bond acceptors (Lipinski definition) is 3. The molecule has 126 valence electrons. The highest BCUT2D eigenvalue weighted by molar-refractivity contribution is 7.16. The Hall–Kier alpha value is -2.59. The van der Waals surface area contributed by atoms with Gasteiger partial charge in [0.2, 0.25) is 0 Å². The van der Waals surface area contributed by atoms with Gasteiger partial charge in [-0.15, -0.1) is 0 Å². The second kappa shape index (κ2) is 5.46. The molecule has 1 atom stereocenters. The largest absolute Gasteiger partial charge is 0.308 e. The van der Waals surface area contributed by atoms with Gasteiger partial charge in [0.15, 0.2) is 0 Å². The van der Waals surface area contributed by atoms with Crippen LogP contribution in [0.15, 0.2) is 41.2 Å². The summed E-state index contributed by atoms with van der Waals surface area (Å²) in [5.41, 5.74) is 1.56. The molecule has 1 aliphatic rings. The Morgan fingerprint density at radius 3 is 2.76 bits per heavy atom. The van der Waals surface area contributed by atoms with E-state index in [1.165, 1.54) is 16.7 Å². The Morgan fingerprint density at radius 2 is 2.08 bits per heavy atom. The van der Waals surface area contributed by atoms with Crippen LogP contribution in [0.25, 0.3) is 21.3 Å². The smallest absolute Gasteiger partial charge is 0.298 e. The lowest BCUT2D eigenvalue weighted by molar-refractivity contribution is 0.0953. The van der Waals surface area contributed by atoms with Gasteiger partial charge in [-0.25, -0.2) is 13.2 Å². The molecule has 3 aromatic rings. The third-order valence-electron chi connectivity index (χ3n) is 4.46. The molecule has 3 nitrogen and oxygen atoms in total. The molecule has 0 aliphatic heterocycles. The molecule has 0 saturated heterocycles. The van der Waals surface area contributed by atoms with Crippen molar-refractivity contribution in [1.82, 2.24) is 4.57 Å². The van der Waals surface area contributed by atoms with Gasteiger partial charge in [0.1, 0.15) is 11.9 Å². The first kappa shape index (κ1) is 15.9. The molecule has 0 amide bonds. The molecule has 0 N–H and O–H groups in total. The zero-order valence-corrected chi connectivity index (χ0v) is 13.6. The zero-order chi connectivity index (χ0) is 17.8. The van der Waals surface area contributed by atoms with E-state index in [0.717, 1.165) is 11.3 Å². The fourth-order valence-electron chi connectivity index (χ4n) is 2.97. The first-order valence-electron chi connectivity index (χ1n) is 7.61. The molecule has 25 heavy (non-hydrogen) atoms. The van der Waals surface area contributed by atoms with Gasteiger partial charge >= 0.3 is 4.87 Å². The molecular formula is C18H11F3N2OS. The quantitative estimate of drug-likeness (QED) is 0.695. The average Bonchev–Trinajstić information content (AvgIpc) is 3.05. The standard InChI is InChI=1S/C18H11F3N2OS/c19-14-3-1-2-12(13(14)8-22)10-4-5-15-16(6-10)25-17(24)23(15)9-11-7-18(11,20)21/h1-6,11H,7,9H2. The van der Waals surface area contributed by atoms with E-state index in [9.17, 15) is 18.0 Å². The normalized spacial score (nSPS) is 18.2. The summed E-state index contributed by atoms with van der Waals surface area (Å²) in [7, 11) is 0. The van der Waals surface area contributed by atoms with E-state index in [4.69, 9.17) is 5.26 Å². The molecule has 0 spiro atoms. The van der Waals surface area contributed by atoms with Crippen molar-refractivity contribution >= 4 is 21.6 Å². The summed E-state index contributed by atoms with van der Waals surface area (Å²) in [6.45, 7) is -0.00537. The SMILES string of the molecule is N#Cc1c(F)cccc1-c1ccc2c(c1)sc(=O)n2CC1CC1(F)F. The number of rotatable bonds is 3. The summed E-state index contributed by atoms with van der Waals surface area (Å²) in [6, 6.07) is 11.2. The Labute approximate surface area is 144 Å². The van der Waals surface area contributed by atoms with Gasteiger partial charge in [-0.2, -0.15) is 5.26 Å². The number of benzene rings is 2. The summed E-state index contributed by atoms with van der Waals surface area (Å²) in [5.74, 6) is -4.09. The van der Waals surface area contributed by atoms with E-state index < -0.39 is 17.7 Å². The molecule has 1 fully saturated rings. The Morgan fingerprint density at radius 1 is 1.32 bits per heavy atom. The van der Waals surface area contributed by atoms with Crippen LogP contribution in [-0.4, -0.2) is 10.5 Å².